The van der Waals surface area contributed by atoms with Gasteiger partial charge in [-0.2, -0.15) is 0 Å². The van der Waals surface area contributed by atoms with Crippen LogP contribution in [0.15, 0.2) is 24.3 Å². The van der Waals surface area contributed by atoms with E-state index in [1.807, 2.05) is 24.3 Å². The molecule has 29 heavy (non-hydrogen) atoms. The van der Waals surface area contributed by atoms with Crippen LogP contribution in [0.5, 0.6) is 0 Å². The zero-order chi connectivity index (χ0) is 20.2. The summed E-state index contributed by atoms with van der Waals surface area (Å²) in [5.41, 5.74) is 2.07. The van der Waals surface area contributed by atoms with Crippen molar-refractivity contribution in [3.05, 3.63) is 41.5 Å². The molecule has 2 amide bonds. The summed E-state index contributed by atoms with van der Waals surface area (Å²) in [4.78, 5) is 27.0. The first-order valence-electron chi connectivity index (χ1n) is 10.7. The van der Waals surface area contributed by atoms with Crippen molar-refractivity contribution < 1.29 is 9.59 Å². The van der Waals surface area contributed by atoms with E-state index >= 15 is 0 Å². The second kappa shape index (κ2) is 8.76. The van der Waals surface area contributed by atoms with E-state index in [0.29, 0.717) is 19.5 Å². The highest BCUT2D eigenvalue weighted by Gasteiger charge is 2.35. The number of aromatic nitrogens is 3. The van der Waals surface area contributed by atoms with Crippen LogP contribution in [0.1, 0.15) is 49.8 Å². The average Bonchev–Trinajstić information content (AvgIpc) is 3.22. The monoisotopic (exact) mass is 395 g/mol. The molecule has 1 N–H and O–H groups in total. The third kappa shape index (κ3) is 4.18. The summed E-state index contributed by atoms with van der Waals surface area (Å²) in [7, 11) is 0. The predicted octanol–water partition coefficient (Wildman–Crippen LogP) is 2.28. The lowest BCUT2D eigenvalue weighted by molar-refractivity contribution is -0.126. The van der Waals surface area contributed by atoms with Crippen molar-refractivity contribution in [2.24, 2.45) is 5.92 Å². The van der Waals surface area contributed by atoms with E-state index in [2.05, 4.69) is 27.0 Å². The van der Waals surface area contributed by atoms with Crippen LogP contribution in [0.4, 0.5) is 5.69 Å². The fourth-order valence-electron chi connectivity index (χ4n) is 4.36. The van der Waals surface area contributed by atoms with Crippen molar-refractivity contribution in [1.82, 2.24) is 20.1 Å². The molecule has 0 aliphatic carbocycles. The van der Waals surface area contributed by atoms with Crippen LogP contribution < -0.4 is 10.2 Å². The van der Waals surface area contributed by atoms with Gasteiger partial charge < -0.3 is 14.8 Å². The molecule has 154 valence electrons. The van der Waals surface area contributed by atoms with Gasteiger partial charge in [-0.05, 0) is 30.9 Å². The summed E-state index contributed by atoms with van der Waals surface area (Å²) in [6, 6.07) is 7.93. The second-order valence-electron chi connectivity index (χ2n) is 7.92. The molecule has 1 aromatic carbocycles. The normalized spacial score (nSPS) is 19.1. The number of nitrogens with zero attached hydrogens (tertiary/aromatic N) is 4. The van der Waals surface area contributed by atoms with Crippen LogP contribution >= 0.6 is 0 Å². The van der Waals surface area contributed by atoms with E-state index in [1.54, 1.807) is 4.90 Å². The van der Waals surface area contributed by atoms with Gasteiger partial charge >= 0.3 is 0 Å². The maximum absolute atomic E-state index is 12.7. The highest BCUT2D eigenvalue weighted by Crippen LogP contribution is 2.28. The number of hydrogen-bond donors (Lipinski definition) is 1. The van der Waals surface area contributed by atoms with Crippen molar-refractivity contribution >= 4 is 17.5 Å². The third-order valence-electron chi connectivity index (χ3n) is 5.99. The minimum Gasteiger partial charge on any atom is -0.355 e. The molecule has 4 rings (SSSR count). The quantitative estimate of drug-likeness (QED) is 0.814. The zero-order valence-electron chi connectivity index (χ0n) is 17.1. The van der Waals surface area contributed by atoms with E-state index in [9.17, 15) is 9.59 Å². The van der Waals surface area contributed by atoms with Crippen molar-refractivity contribution in [2.75, 3.05) is 18.0 Å². The van der Waals surface area contributed by atoms with Gasteiger partial charge in [-0.25, -0.2) is 0 Å². The molecule has 0 bridgehead atoms. The summed E-state index contributed by atoms with van der Waals surface area (Å²) in [5, 5.41) is 11.6. The van der Waals surface area contributed by atoms with Gasteiger partial charge in [0.2, 0.25) is 11.8 Å². The standard InChI is InChI=1S/C22H29N5O2/c1-2-16-8-5-6-9-18(16)27-15-17(14-21(27)28)22(29)23-12-11-20-25-24-19-10-4-3-7-13-26(19)20/h5-6,8-9,17H,2-4,7,10-15H2,1H3,(H,23,29). The summed E-state index contributed by atoms with van der Waals surface area (Å²) >= 11 is 0. The van der Waals surface area contributed by atoms with Crippen molar-refractivity contribution in [2.45, 2.75) is 58.4 Å². The van der Waals surface area contributed by atoms with Gasteiger partial charge in [0.15, 0.2) is 0 Å². The number of carbonyl (C=O) groups excluding carboxylic acids is 2. The Morgan fingerprint density at radius 2 is 2.07 bits per heavy atom. The van der Waals surface area contributed by atoms with Gasteiger partial charge in [-0.15, -0.1) is 10.2 Å². The van der Waals surface area contributed by atoms with E-state index in [1.165, 1.54) is 12.8 Å². The number of fused-ring (bicyclic) bond motifs is 1. The largest absolute Gasteiger partial charge is 0.355 e. The first-order valence-corrected chi connectivity index (χ1v) is 10.7. The van der Waals surface area contributed by atoms with Crippen molar-refractivity contribution in [1.29, 1.82) is 0 Å². The number of benzene rings is 1. The van der Waals surface area contributed by atoms with Crippen molar-refractivity contribution in [3.63, 3.8) is 0 Å². The highest BCUT2D eigenvalue weighted by atomic mass is 16.2. The minimum atomic E-state index is -0.303. The number of anilines is 1. The number of hydrogen-bond acceptors (Lipinski definition) is 4. The highest BCUT2D eigenvalue weighted by molar-refractivity contribution is 6.00. The molecular formula is C22H29N5O2. The lowest BCUT2D eigenvalue weighted by Crippen LogP contribution is -2.34. The number of rotatable bonds is 6. The van der Waals surface area contributed by atoms with Gasteiger partial charge in [-0.1, -0.05) is 31.5 Å². The third-order valence-corrected chi connectivity index (χ3v) is 5.99. The van der Waals surface area contributed by atoms with E-state index in [4.69, 9.17) is 0 Å². The lowest BCUT2D eigenvalue weighted by Gasteiger charge is -2.20. The molecule has 1 fully saturated rings. The number of nitrogens with one attached hydrogen (secondary N) is 1. The molecule has 0 radical (unpaired) electrons. The van der Waals surface area contributed by atoms with Crippen LogP contribution in [0.3, 0.4) is 0 Å². The number of aryl methyl sites for hydroxylation is 2. The molecule has 3 heterocycles. The molecule has 2 aromatic rings. The first kappa shape index (κ1) is 19.6. The van der Waals surface area contributed by atoms with Crippen LogP contribution in [0.2, 0.25) is 0 Å². The maximum atomic E-state index is 12.7. The van der Waals surface area contributed by atoms with Crippen LogP contribution in [0.25, 0.3) is 0 Å². The predicted molar refractivity (Wildman–Crippen MR) is 111 cm³/mol. The SMILES string of the molecule is CCc1ccccc1N1CC(C(=O)NCCc2nnc3n2CCCCC3)CC1=O. The fourth-order valence-corrected chi connectivity index (χ4v) is 4.36. The van der Waals surface area contributed by atoms with E-state index in [-0.39, 0.29) is 24.2 Å². The zero-order valence-corrected chi connectivity index (χ0v) is 17.1. The summed E-state index contributed by atoms with van der Waals surface area (Å²) < 4.78 is 2.21. The fraction of sp³-hybridized carbons (Fsp3) is 0.545. The summed E-state index contributed by atoms with van der Waals surface area (Å²) in [5.74, 6) is 1.68. The summed E-state index contributed by atoms with van der Waals surface area (Å²) in [6.07, 6.45) is 6.34. The Balaban J connectivity index is 1.33. The Morgan fingerprint density at radius 1 is 1.21 bits per heavy atom. The van der Waals surface area contributed by atoms with Gasteiger partial charge in [0.1, 0.15) is 11.6 Å². The average molecular weight is 396 g/mol. The Bertz CT molecular complexity index is 891. The molecule has 1 atom stereocenters. The second-order valence-corrected chi connectivity index (χ2v) is 7.92. The van der Waals surface area contributed by atoms with Gasteiger partial charge in [0.05, 0.1) is 5.92 Å². The number of para-hydroxylation sites is 1. The Hall–Kier alpha value is -2.70. The number of carbonyl (C=O) groups is 2. The maximum Gasteiger partial charge on any atom is 0.227 e. The molecule has 2 aliphatic rings. The lowest BCUT2D eigenvalue weighted by atomic mass is 10.1. The van der Waals surface area contributed by atoms with Crippen LogP contribution in [-0.4, -0.2) is 39.7 Å². The van der Waals surface area contributed by atoms with Crippen LogP contribution in [0, 0.1) is 5.92 Å². The molecule has 0 spiro atoms. The Labute approximate surface area is 171 Å². The van der Waals surface area contributed by atoms with E-state index in [0.717, 1.165) is 48.7 Å². The van der Waals surface area contributed by atoms with Gasteiger partial charge in [0.25, 0.3) is 0 Å². The molecule has 2 aliphatic heterocycles. The molecular weight excluding hydrogens is 366 g/mol. The van der Waals surface area contributed by atoms with Crippen molar-refractivity contribution in [3.8, 4) is 0 Å². The first-order chi connectivity index (χ1) is 14.2. The molecule has 1 unspecified atom stereocenters. The summed E-state index contributed by atoms with van der Waals surface area (Å²) in [6.45, 7) is 4.01. The Morgan fingerprint density at radius 3 is 2.93 bits per heavy atom. The number of amides is 2. The Kier molecular flexibility index (Phi) is 5.92. The molecule has 7 nitrogen and oxygen atoms in total. The van der Waals surface area contributed by atoms with Crippen LogP contribution in [-0.2, 0) is 35.4 Å². The molecule has 1 aromatic heterocycles. The molecule has 0 saturated carbocycles. The smallest absolute Gasteiger partial charge is 0.227 e. The topological polar surface area (TPSA) is 80.1 Å². The minimum absolute atomic E-state index is 0.0221. The van der Waals surface area contributed by atoms with Gasteiger partial charge in [-0.3, -0.25) is 9.59 Å². The van der Waals surface area contributed by atoms with Gasteiger partial charge in [0, 0.05) is 44.6 Å². The molecule has 7 heteroatoms. The molecule has 1 saturated heterocycles. The van der Waals surface area contributed by atoms with E-state index < -0.39 is 0 Å².